The van der Waals surface area contributed by atoms with E-state index < -0.39 is 0 Å². The first-order chi connectivity index (χ1) is 6.34. The number of nitrogens with zero attached hydrogens (tertiary/aromatic N) is 1. The number of nitrogens with two attached hydrogens (primary N) is 1. The third kappa shape index (κ3) is 2.18. The first-order valence-electron chi connectivity index (χ1n) is 4.66. The number of nitrogen functional groups attached to an aromatic ring is 1. The second kappa shape index (κ2) is 3.75. The topological polar surface area (TPSA) is 48.1 Å². The Kier molecular flexibility index (Phi) is 2.45. The van der Waals surface area contributed by atoms with E-state index in [0.717, 1.165) is 5.56 Å². The molecule has 1 aromatic rings. The van der Waals surface area contributed by atoms with Gasteiger partial charge >= 0.3 is 0 Å². The monoisotopic (exact) mass is 178 g/mol. The van der Waals surface area contributed by atoms with E-state index in [1.807, 2.05) is 6.07 Å². The van der Waals surface area contributed by atoms with Crippen LogP contribution in [0.1, 0.15) is 24.8 Å². The Morgan fingerprint density at radius 1 is 1.46 bits per heavy atom. The fraction of sp³-hybridized carbons (Fsp3) is 0.500. The van der Waals surface area contributed by atoms with Crippen molar-refractivity contribution in [2.24, 2.45) is 0 Å². The van der Waals surface area contributed by atoms with Gasteiger partial charge in [0.1, 0.15) is 5.82 Å². The molecule has 13 heavy (non-hydrogen) atoms. The van der Waals surface area contributed by atoms with Gasteiger partial charge in [-0.1, -0.05) is 6.07 Å². The number of hydrogen-bond acceptors (Lipinski definition) is 3. The van der Waals surface area contributed by atoms with Crippen LogP contribution in [-0.2, 0) is 11.3 Å². The largest absolute Gasteiger partial charge is 0.384 e. The number of rotatable bonds is 3. The van der Waals surface area contributed by atoms with Gasteiger partial charge in [-0.3, -0.25) is 0 Å². The number of hydrogen-bond donors (Lipinski definition) is 1. The molecule has 3 nitrogen and oxygen atoms in total. The lowest BCUT2D eigenvalue weighted by molar-refractivity contribution is -0.00875. The normalized spacial score (nSPS) is 16.9. The van der Waals surface area contributed by atoms with Gasteiger partial charge in [-0.15, -0.1) is 0 Å². The van der Waals surface area contributed by atoms with E-state index in [9.17, 15) is 0 Å². The van der Waals surface area contributed by atoms with Crippen molar-refractivity contribution in [2.45, 2.75) is 32.0 Å². The maximum atomic E-state index is 5.62. The molecule has 2 N–H and O–H groups in total. The first kappa shape index (κ1) is 8.51. The molecule has 0 saturated heterocycles. The Labute approximate surface area is 77.9 Å². The summed E-state index contributed by atoms with van der Waals surface area (Å²) in [6, 6.07) is 3.76. The number of aromatic nitrogens is 1. The summed E-state index contributed by atoms with van der Waals surface area (Å²) in [6.45, 7) is 0.665. The van der Waals surface area contributed by atoms with Crippen LogP contribution in [0.25, 0.3) is 0 Å². The van der Waals surface area contributed by atoms with E-state index in [1.54, 1.807) is 12.3 Å². The Morgan fingerprint density at radius 3 is 2.85 bits per heavy atom. The summed E-state index contributed by atoms with van der Waals surface area (Å²) in [6.07, 6.45) is 5.99. The summed E-state index contributed by atoms with van der Waals surface area (Å²) in [5, 5.41) is 0. The highest BCUT2D eigenvalue weighted by atomic mass is 16.5. The highest BCUT2D eigenvalue weighted by Crippen LogP contribution is 2.22. The van der Waals surface area contributed by atoms with Crippen molar-refractivity contribution in [3.63, 3.8) is 0 Å². The zero-order valence-corrected chi connectivity index (χ0v) is 7.57. The van der Waals surface area contributed by atoms with Crippen LogP contribution in [0.4, 0.5) is 5.82 Å². The molecular weight excluding hydrogens is 164 g/mol. The van der Waals surface area contributed by atoms with Crippen molar-refractivity contribution in [2.75, 3.05) is 5.73 Å². The molecule has 0 radical (unpaired) electrons. The minimum Gasteiger partial charge on any atom is -0.384 e. The molecule has 1 saturated carbocycles. The standard InChI is InChI=1S/C10H14N2O/c11-10-5-4-8(6-12-10)7-13-9-2-1-3-9/h4-6,9H,1-3,7H2,(H2,11,12). The van der Waals surface area contributed by atoms with Crippen LogP contribution >= 0.6 is 0 Å². The molecule has 1 heterocycles. The maximum Gasteiger partial charge on any atom is 0.123 e. The Morgan fingerprint density at radius 2 is 2.31 bits per heavy atom. The third-order valence-electron chi connectivity index (χ3n) is 2.39. The zero-order chi connectivity index (χ0) is 9.10. The van der Waals surface area contributed by atoms with Crippen LogP contribution in [0.5, 0.6) is 0 Å². The lowest BCUT2D eigenvalue weighted by atomic mass is 9.96. The lowest BCUT2D eigenvalue weighted by Crippen LogP contribution is -2.21. The van der Waals surface area contributed by atoms with Gasteiger partial charge in [-0.25, -0.2) is 4.98 Å². The zero-order valence-electron chi connectivity index (χ0n) is 7.57. The molecular formula is C10H14N2O. The van der Waals surface area contributed by atoms with E-state index >= 15 is 0 Å². The highest BCUT2D eigenvalue weighted by molar-refractivity contribution is 5.28. The first-order valence-corrected chi connectivity index (χ1v) is 4.66. The fourth-order valence-electron chi connectivity index (χ4n) is 1.27. The summed E-state index contributed by atoms with van der Waals surface area (Å²) >= 11 is 0. The second-order valence-corrected chi connectivity index (χ2v) is 3.46. The smallest absolute Gasteiger partial charge is 0.123 e. The van der Waals surface area contributed by atoms with Crippen molar-refractivity contribution in [3.05, 3.63) is 23.9 Å². The molecule has 0 atom stereocenters. The molecule has 1 fully saturated rings. The van der Waals surface area contributed by atoms with Gasteiger partial charge in [0.05, 0.1) is 12.7 Å². The van der Waals surface area contributed by atoms with Gasteiger partial charge in [0.2, 0.25) is 0 Å². The molecule has 1 aliphatic carbocycles. The molecule has 70 valence electrons. The highest BCUT2D eigenvalue weighted by Gasteiger charge is 2.17. The molecule has 0 unspecified atom stereocenters. The van der Waals surface area contributed by atoms with Crippen LogP contribution in [0, 0.1) is 0 Å². The van der Waals surface area contributed by atoms with Gasteiger partial charge in [0, 0.05) is 6.20 Å². The van der Waals surface area contributed by atoms with Crippen LogP contribution in [0.3, 0.4) is 0 Å². The van der Waals surface area contributed by atoms with Gasteiger partial charge in [-0.2, -0.15) is 0 Å². The summed E-state index contributed by atoms with van der Waals surface area (Å²) in [4.78, 5) is 4.00. The van der Waals surface area contributed by atoms with Crippen molar-refractivity contribution in [1.29, 1.82) is 0 Å². The second-order valence-electron chi connectivity index (χ2n) is 3.46. The quantitative estimate of drug-likeness (QED) is 0.766. The molecule has 2 rings (SSSR count). The predicted molar refractivity (Wildman–Crippen MR) is 51.1 cm³/mol. The maximum absolute atomic E-state index is 5.62. The van der Waals surface area contributed by atoms with E-state index in [-0.39, 0.29) is 0 Å². The molecule has 3 heteroatoms. The number of anilines is 1. The average molecular weight is 178 g/mol. The molecule has 1 aromatic heterocycles. The van der Waals surface area contributed by atoms with Gasteiger partial charge in [0.15, 0.2) is 0 Å². The summed E-state index contributed by atoms with van der Waals surface area (Å²) in [7, 11) is 0. The van der Waals surface area contributed by atoms with Gasteiger partial charge < -0.3 is 10.5 Å². The van der Waals surface area contributed by atoms with Gasteiger partial charge in [-0.05, 0) is 30.9 Å². The Balaban J connectivity index is 1.83. The van der Waals surface area contributed by atoms with Crippen molar-refractivity contribution >= 4 is 5.82 Å². The van der Waals surface area contributed by atoms with E-state index in [0.29, 0.717) is 18.5 Å². The van der Waals surface area contributed by atoms with Crippen molar-refractivity contribution in [3.8, 4) is 0 Å². The third-order valence-corrected chi connectivity index (χ3v) is 2.39. The van der Waals surface area contributed by atoms with E-state index in [4.69, 9.17) is 10.5 Å². The molecule has 1 aliphatic rings. The molecule has 0 amide bonds. The Hall–Kier alpha value is -1.09. The molecule has 0 bridgehead atoms. The molecule has 0 spiro atoms. The van der Waals surface area contributed by atoms with Crippen LogP contribution in [0.15, 0.2) is 18.3 Å². The fourth-order valence-corrected chi connectivity index (χ4v) is 1.27. The number of ether oxygens (including phenoxy) is 1. The lowest BCUT2D eigenvalue weighted by Gasteiger charge is -2.25. The molecule has 0 aromatic carbocycles. The average Bonchev–Trinajstić information content (AvgIpc) is 2.05. The van der Waals surface area contributed by atoms with Crippen LogP contribution in [-0.4, -0.2) is 11.1 Å². The van der Waals surface area contributed by atoms with Crippen LogP contribution < -0.4 is 5.73 Å². The van der Waals surface area contributed by atoms with Crippen molar-refractivity contribution < 1.29 is 4.74 Å². The van der Waals surface area contributed by atoms with E-state index in [2.05, 4.69) is 4.98 Å². The number of pyridine rings is 1. The van der Waals surface area contributed by atoms with E-state index in [1.165, 1.54) is 19.3 Å². The SMILES string of the molecule is Nc1ccc(COC2CCC2)cn1. The minimum absolute atomic E-state index is 0.484. The summed E-state index contributed by atoms with van der Waals surface area (Å²) in [5.41, 5.74) is 6.57. The van der Waals surface area contributed by atoms with Gasteiger partial charge in [0.25, 0.3) is 0 Å². The summed E-state index contributed by atoms with van der Waals surface area (Å²) in [5.74, 6) is 0.562. The predicted octanol–water partition coefficient (Wildman–Crippen LogP) is 1.73. The van der Waals surface area contributed by atoms with Crippen molar-refractivity contribution in [1.82, 2.24) is 4.98 Å². The van der Waals surface area contributed by atoms with Crippen LogP contribution in [0.2, 0.25) is 0 Å². The summed E-state index contributed by atoms with van der Waals surface area (Å²) < 4.78 is 5.62. The minimum atomic E-state index is 0.484. The Bertz CT molecular complexity index is 267. The molecule has 0 aliphatic heterocycles.